The molecule has 3 nitrogen and oxygen atoms in total. The lowest BCUT2D eigenvalue weighted by Crippen LogP contribution is -2.20. The number of methoxy groups -OCH3 is 1. The molecule has 0 saturated heterocycles. The van der Waals surface area contributed by atoms with Gasteiger partial charge < -0.3 is 14.7 Å². The number of benzene rings is 1. The molecule has 0 aliphatic rings. The minimum Gasteiger partial charge on any atom is -0.395 e. The van der Waals surface area contributed by atoms with Gasteiger partial charge in [-0.25, -0.2) is 4.39 Å². The number of nitrogens with zero attached hydrogens (tertiary/aromatic N) is 1. The van der Waals surface area contributed by atoms with Gasteiger partial charge in [-0.15, -0.1) is 0 Å². The van der Waals surface area contributed by atoms with Crippen LogP contribution < -0.4 is 0 Å². The third-order valence-corrected chi connectivity index (χ3v) is 2.86. The predicted octanol–water partition coefficient (Wildman–Crippen LogP) is 2.03. The Kier molecular flexibility index (Phi) is 7.89. The lowest BCUT2D eigenvalue weighted by atomic mass is 10.1. The number of halogens is 1. The zero-order valence-corrected chi connectivity index (χ0v) is 12.2. The Labute approximate surface area is 120 Å². The van der Waals surface area contributed by atoms with Crippen molar-refractivity contribution in [2.75, 3.05) is 33.9 Å². The Balaban J connectivity index is 2.71. The van der Waals surface area contributed by atoms with E-state index in [1.54, 1.807) is 13.2 Å². The van der Waals surface area contributed by atoms with Crippen molar-refractivity contribution in [1.29, 1.82) is 0 Å². The van der Waals surface area contributed by atoms with Crippen molar-refractivity contribution < 1.29 is 14.2 Å². The van der Waals surface area contributed by atoms with E-state index in [9.17, 15) is 4.39 Å². The molecule has 0 fully saturated rings. The molecule has 20 heavy (non-hydrogen) atoms. The van der Waals surface area contributed by atoms with Crippen LogP contribution in [0.1, 0.15) is 24.0 Å². The van der Waals surface area contributed by atoms with Crippen LogP contribution in [0.4, 0.5) is 4.39 Å². The first kappa shape index (κ1) is 16.6. The van der Waals surface area contributed by atoms with Gasteiger partial charge in [0.15, 0.2) is 0 Å². The highest BCUT2D eigenvalue weighted by molar-refractivity contribution is 5.41. The molecule has 0 atom stereocenters. The molecule has 1 rings (SSSR count). The first-order chi connectivity index (χ1) is 9.67. The van der Waals surface area contributed by atoms with Gasteiger partial charge >= 0.3 is 0 Å². The zero-order valence-electron chi connectivity index (χ0n) is 12.2. The standard InChI is InChI=1S/C16H22FNO2/c1-18(9-5-11-20-2)13-15-7-8-16(17)12-14(15)6-3-4-10-19/h7-8,12,19H,4-5,9-11,13H2,1-2H3. The third-order valence-electron chi connectivity index (χ3n) is 2.86. The monoisotopic (exact) mass is 279 g/mol. The van der Waals surface area contributed by atoms with Gasteiger partial charge in [-0.2, -0.15) is 0 Å². The second kappa shape index (κ2) is 9.49. The highest BCUT2D eigenvalue weighted by Gasteiger charge is 2.05. The summed E-state index contributed by atoms with van der Waals surface area (Å²) < 4.78 is 18.3. The fourth-order valence-electron chi connectivity index (χ4n) is 1.87. The summed E-state index contributed by atoms with van der Waals surface area (Å²) in [7, 11) is 3.71. The number of aliphatic hydroxyl groups is 1. The maximum Gasteiger partial charge on any atom is 0.124 e. The van der Waals surface area contributed by atoms with Gasteiger partial charge in [-0.3, -0.25) is 0 Å². The second-order valence-electron chi connectivity index (χ2n) is 4.66. The Bertz CT molecular complexity index is 465. The minimum absolute atomic E-state index is 0.0224. The van der Waals surface area contributed by atoms with Crippen LogP contribution in [0, 0.1) is 17.7 Å². The summed E-state index contributed by atoms with van der Waals surface area (Å²) in [5.41, 5.74) is 1.69. The molecule has 0 aliphatic carbocycles. The van der Waals surface area contributed by atoms with E-state index in [-0.39, 0.29) is 12.4 Å². The fraction of sp³-hybridized carbons (Fsp3) is 0.500. The van der Waals surface area contributed by atoms with Crippen molar-refractivity contribution >= 4 is 0 Å². The third kappa shape index (κ3) is 6.16. The van der Waals surface area contributed by atoms with Gasteiger partial charge in [0.25, 0.3) is 0 Å². The Hall–Kier alpha value is -1.41. The average Bonchev–Trinajstić information content (AvgIpc) is 2.42. The van der Waals surface area contributed by atoms with Gasteiger partial charge in [0.05, 0.1) is 6.61 Å². The first-order valence-electron chi connectivity index (χ1n) is 6.73. The number of aliphatic hydroxyl groups excluding tert-OH is 1. The van der Waals surface area contributed by atoms with Gasteiger partial charge in [-0.05, 0) is 31.2 Å². The molecule has 1 aromatic carbocycles. The summed E-state index contributed by atoms with van der Waals surface area (Å²) in [6.07, 6.45) is 1.36. The van der Waals surface area contributed by atoms with E-state index < -0.39 is 0 Å². The summed E-state index contributed by atoms with van der Waals surface area (Å²) in [5.74, 6) is 5.48. The number of rotatable bonds is 7. The van der Waals surface area contributed by atoms with Crippen LogP contribution in [-0.4, -0.2) is 43.9 Å². The number of hydrogen-bond acceptors (Lipinski definition) is 3. The molecule has 0 radical (unpaired) electrons. The van der Waals surface area contributed by atoms with Crippen molar-refractivity contribution in [2.45, 2.75) is 19.4 Å². The normalized spacial score (nSPS) is 10.4. The largest absolute Gasteiger partial charge is 0.395 e. The van der Waals surface area contributed by atoms with Crippen LogP contribution in [0.3, 0.4) is 0 Å². The first-order valence-corrected chi connectivity index (χ1v) is 6.73. The number of ether oxygens (including phenoxy) is 1. The molecule has 110 valence electrons. The van der Waals surface area contributed by atoms with E-state index in [2.05, 4.69) is 16.7 Å². The van der Waals surface area contributed by atoms with Crippen LogP contribution >= 0.6 is 0 Å². The van der Waals surface area contributed by atoms with E-state index in [1.807, 2.05) is 7.05 Å². The van der Waals surface area contributed by atoms with Gasteiger partial charge in [0.1, 0.15) is 5.82 Å². The average molecular weight is 279 g/mol. The quantitative estimate of drug-likeness (QED) is 0.612. The van der Waals surface area contributed by atoms with Crippen LogP contribution in [0.15, 0.2) is 18.2 Å². The predicted molar refractivity (Wildman–Crippen MR) is 77.8 cm³/mol. The zero-order chi connectivity index (χ0) is 14.8. The maximum atomic E-state index is 13.3. The number of hydrogen-bond donors (Lipinski definition) is 1. The van der Waals surface area contributed by atoms with Crippen molar-refractivity contribution in [3.63, 3.8) is 0 Å². The van der Waals surface area contributed by atoms with Gasteiger partial charge in [0.2, 0.25) is 0 Å². The van der Waals surface area contributed by atoms with E-state index in [4.69, 9.17) is 9.84 Å². The smallest absolute Gasteiger partial charge is 0.124 e. The molecule has 0 aliphatic heterocycles. The highest BCUT2D eigenvalue weighted by Crippen LogP contribution is 2.12. The van der Waals surface area contributed by atoms with E-state index in [0.29, 0.717) is 18.5 Å². The molecular formula is C16H22FNO2. The molecule has 4 heteroatoms. The van der Waals surface area contributed by atoms with Crippen molar-refractivity contribution in [2.24, 2.45) is 0 Å². The van der Waals surface area contributed by atoms with E-state index in [1.165, 1.54) is 12.1 Å². The maximum absolute atomic E-state index is 13.3. The molecule has 0 heterocycles. The summed E-state index contributed by atoms with van der Waals surface area (Å²) >= 11 is 0. The highest BCUT2D eigenvalue weighted by atomic mass is 19.1. The molecule has 0 unspecified atom stereocenters. The molecule has 1 aromatic rings. The molecule has 0 saturated carbocycles. The van der Waals surface area contributed by atoms with E-state index >= 15 is 0 Å². The topological polar surface area (TPSA) is 32.7 Å². The van der Waals surface area contributed by atoms with E-state index in [0.717, 1.165) is 25.1 Å². The Morgan fingerprint density at radius 2 is 2.20 bits per heavy atom. The lowest BCUT2D eigenvalue weighted by molar-refractivity contribution is 0.178. The molecule has 0 bridgehead atoms. The Morgan fingerprint density at radius 3 is 2.90 bits per heavy atom. The molecule has 1 N–H and O–H groups in total. The SMILES string of the molecule is COCCCN(C)Cc1ccc(F)cc1C#CCCO. The van der Waals surface area contributed by atoms with Crippen molar-refractivity contribution in [1.82, 2.24) is 4.90 Å². The van der Waals surface area contributed by atoms with Crippen LogP contribution in [-0.2, 0) is 11.3 Å². The van der Waals surface area contributed by atoms with Gasteiger partial charge in [-0.1, -0.05) is 17.9 Å². The minimum atomic E-state index is -0.288. The summed E-state index contributed by atoms with van der Waals surface area (Å²) in [5, 5.41) is 8.74. The molecular weight excluding hydrogens is 257 g/mol. The molecule has 0 amide bonds. The lowest BCUT2D eigenvalue weighted by Gasteiger charge is -2.17. The Morgan fingerprint density at radius 1 is 1.40 bits per heavy atom. The van der Waals surface area contributed by atoms with Crippen LogP contribution in [0.25, 0.3) is 0 Å². The van der Waals surface area contributed by atoms with Crippen molar-refractivity contribution in [3.8, 4) is 11.8 Å². The van der Waals surface area contributed by atoms with Crippen LogP contribution in [0.2, 0.25) is 0 Å². The fourth-order valence-corrected chi connectivity index (χ4v) is 1.87. The van der Waals surface area contributed by atoms with Crippen LogP contribution in [0.5, 0.6) is 0 Å². The van der Waals surface area contributed by atoms with Gasteiger partial charge in [0, 0.05) is 38.8 Å². The second-order valence-corrected chi connectivity index (χ2v) is 4.66. The molecule has 0 aromatic heterocycles. The summed E-state index contributed by atoms with van der Waals surface area (Å²) in [6.45, 7) is 2.38. The van der Waals surface area contributed by atoms with Crippen molar-refractivity contribution in [3.05, 3.63) is 35.1 Å². The molecule has 0 spiro atoms. The summed E-state index contributed by atoms with van der Waals surface area (Å²) in [4.78, 5) is 2.16. The summed E-state index contributed by atoms with van der Waals surface area (Å²) in [6, 6.07) is 4.67.